The number of piperidine rings is 1. The number of aromatic nitrogens is 4. The Hall–Kier alpha value is -1.49. The maximum absolute atomic E-state index is 4.31. The zero-order valence-electron chi connectivity index (χ0n) is 10.2. The Labute approximate surface area is 100 Å². The Morgan fingerprint density at radius 3 is 3.12 bits per heavy atom. The predicted molar refractivity (Wildman–Crippen MR) is 64.7 cm³/mol. The van der Waals surface area contributed by atoms with Crippen molar-refractivity contribution in [2.24, 2.45) is 5.92 Å². The molecule has 5 heteroatoms. The van der Waals surface area contributed by atoms with Crippen LogP contribution in [0.1, 0.15) is 37.3 Å². The second-order valence-electron chi connectivity index (χ2n) is 4.95. The molecular weight excluding hydrogens is 214 g/mol. The fraction of sp³-hybridized carbons (Fsp3) is 0.583. The minimum Gasteiger partial charge on any atom is -0.307 e. The molecule has 3 heterocycles. The third-order valence-electron chi connectivity index (χ3n) is 3.44. The van der Waals surface area contributed by atoms with Gasteiger partial charge in [0.1, 0.15) is 6.33 Å². The highest BCUT2D eigenvalue weighted by molar-refractivity contribution is 5.38. The van der Waals surface area contributed by atoms with Crippen molar-refractivity contribution in [3.05, 3.63) is 23.9 Å². The third-order valence-corrected chi connectivity index (χ3v) is 3.44. The van der Waals surface area contributed by atoms with Crippen LogP contribution in [0, 0.1) is 12.8 Å². The molecular formula is C12H17N5. The van der Waals surface area contributed by atoms with Crippen LogP contribution in [0.3, 0.4) is 0 Å². The van der Waals surface area contributed by atoms with Crippen molar-refractivity contribution < 1.29 is 0 Å². The fourth-order valence-electron chi connectivity index (χ4n) is 2.45. The molecule has 0 spiro atoms. The molecule has 0 aromatic carbocycles. The normalized spacial score (nSPS) is 25.3. The summed E-state index contributed by atoms with van der Waals surface area (Å²) in [6.45, 7) is 5.31. The number of fused-ring (bicyclic) bond motifs is 1. The third kappa shape index (κ3) is 1.91. The molecule has 5 nitrogen and oxygen atoms in total. The Morgan fingerprint density at radius 2 is 2.29 bits per heavy atom. The Bertz CT molecular complexity index is 533. The molecule has 0 radical (unpaired) electrons. The van der Waals surface area contributed by atoms with Gasteiger partial charge in [0, 0.05) is 11.8 Å². The molecule has 1 saturated heterocycles. The van der Waals surface area contributed by atoms with Crippen molar-refractivity contribution in [3.8, 4) is 0 Å². The molecule has 2 unspecified atom stereocenters. The molecule has 1 aliphatic rings. The largest absolute Gasteiger partial charge is 0.307 e. The van der Waals surface area contributed by atoms with E-state index >= 15 is 0 Å². The quantitative estimate of drug-likeness (QED) is 0.808. The van der Waals surface area contributed by atoms with Gasteiger partial charge in [-0.3, -0.25) is 4.40 Å². The monoisotopic (exact) mass is 231 g/mol. The summed E-state index contributed by atoms with van der Waals surface area (Å²) in [5.74, 6) is 1.73. The zero-order valence-corrected chi connectivity index (χ0v) is 10.2. The molecule has 0 bridgehead atoms. The number of aryl methyl sites for hydroxylation is 1. The first-order chi connectivity index (χ1) is 8.24. The van der Waals surface area contributed by atoms with Gasteiger partial charge in [0.05, 0.1) is 6.04 Å². The molecule has 90 valence electrons. The minimum atomic E-state index is 0.304. The second kappa shape index (κ2) is 4.07. The fourth-order valence-corrected chi connectivity index (χ4v) is 2.45. The maximum atomic E-state index is 4.31. The summed E-state index contributed by atoms with van der Waals surface area (Å²) >= 11 is 0. The average Bonchev–Trinajstić information content (AvgIpc) is 2.71. The number of hydrogen-bond donors (Lipinski definition) is 1. The first kappa shape index (κ1) is 10.7. The van der Waals surface area contributed by atoms with Crippen molar-refractivity contribution >= 4 is 5.65 Å². The zero-order chi connectivity index (χ0) is 11.8. The predicted octanol–water partition coefficient (Wildman–Crippen LogP) is 1.49. The first-order valence-electron chi connectivity index (χ1n) is 6.14. The maximum Gasteiger partial charge on any atom is 0.163 e. The van der Waals surface area contributed by atoms with E-state index in [1.165, 1.54) is 6.42 Å². The highest BCUT2D eigenvalue weighted by Crippen LogP contribution is 2.25. The van der Waals surface area contributed by atoms with Crippen LogP contribution in [0.2, 0.25) is 0 Å². The van der Waals surface area contributed by atoms with Crippen molar-refractivity contribution in [1.82, 2.24) is 24.9 Å². The standard InChI is InChI=1S/C12H17N5/c1-8-3-4-13-10(5-8)12-16-15-11-6-9(2)14-7-17(11)12/h6-8,10,13H,3-5H2,1-2H3. The molecule has 2 atom stereocenters. The van der Waals surface area contributed by atoms with Gasteiger partial charge in [-0.2, -0.15) is 0 Å². The molecule has 2 aromatic heterocycles. The van der Waals surface area contributed by atoms with Gasteiger partial charge < -0.3 is 5.32 Å². The van der Waals surface area contributed by atoms with E-state index in [1.807, 2.05) is 23.7 Å². The lowest BCUT2D eigenvalue weighted by atomic mass is 9.94. The van der Waals surface area contributed by atoms with Crippen LogP contribution in [-0.4, -0.2) is 26.1 Å². The lowest BCUT2D eigenvalue weighted by Gasteiger charge is -2.26. The highest BCUT2D eigenvalue weighted by Gasteiger charge is 2.23. The molecule has 2 aromatic rings. The molecule has 1 aliphatic heterocycles. The topological polar surface area (TPSA) is 55.1 Å². The summed E-state index contributed by atoms with van der Waals surface area (Å²) in [6.07, 6.45) is 4.18. The van der Waals surface area contributed by atoms with Gasteiger partial charge in [-0.05, 0) is 32.2 Å². The van der Waals surface area contributed by atoms with Crippen molar-refractivity contribution in [2.75, 3.05) is 6.54 Å². The van der Waals surface area contributed by atoms with Gasteiger partial charge >= 0.3 is 0 Å². The smallest absolute Gasteiger partial charge is 0.163 e. The molecule has 0 amide bonds. The van der Waals surface area contributed by atoms with Crippen molar-refractivity contribution in [3.63, 3.8) is 0 Å². The van der Waals surface area contributed by atoms with Crippen LogP contribution in [-0.2, 0) is 0 Å². The summed E-state index contributed by atoms with van der Waals surface area (Å²) in [5.41, 5.74) is 1.86. The van der Waals surface area contributed by atoms with Crippen LogP contribution >= 0.6 is 0 Å². The number of nitrogens with one attached hydrogen (secondary N) is 1. The summed E-state index contributed by atoms with van der Waals surface area (Å²) in [5, 5.41) is 12.0. The molecule has 1 N–H and O–H groups in total. The summed E-state index contributed by atoms with van der Waals surface area (Å²) in [4.78, 5) is 4.31. The summed E-state index contributed by atoms with van der Waals surface area (Å²) in [7, 11) is 0. The minimum absolute atomic E-state index is 0.304. The molecule has 0 saturated carbocycles. The van der Waals surface area contributed by atoms with Crippen LogP contribution in [0.4, 0.5) is 0 Å². The molecule has 17 heavy (non-hydrogen) atoms. The van der Waals surface area contributed by atoms with Crippen LogP contribution in [0.25, 0.3) is 5.65 Å². The summed E-state index contributed by atoms with van der Waals surface area (Å²) in [6, 6.07) is 2.27. The van der Waals surface area contributed by atoms with Crippen molar-refractivity contribution in [1.29, 1.82) is 0 Å². The lowest BCUT2D eigenvalue weighted by Crippen LogP contribution is -2.32. The van der Waals surface area contributed by atoms with E-state index in [2.05, 4.69) is 27.4 Å². The Kier molecular flexibility index (Phi) is 2.55. The first-order valence-corrected chi connectivity index (χ1v) is 6.14. The second-order valence-corrected chi connectivity index (χ2v) is 4.95. The van der Waals surface area contributed by atoms with Gasteiger partial charge in [-0.1, -0.05) is 6.92 Å². The lowest BCUT2D eigenvalue weighted by molar-refractivity contribution is 0.314. The number of nitrogens with zero attached hydrogens (tertiary/aromatic N) is 4. The Balaban J connectivity index is 1.99. The van der Waals surface area contributed by atoms with E-state index in [-0.39, 0.29) is 0 Å². The van der Waals surface area contributed by atoms with E-state index in [4.69, 9.17) is 0 Å². The van der Waals surface area contributed by atoms with E-state index in [0.717, 1.165) is 36.0 Å². The van der Waals surface area contributed by atoms with Gasteiger partial charge in [-0.15, -0.1) is 10.2 Å². The van der Waals surface area contributed by atoms with Gasteiger partial charge in [0.15, 0.2) is 11.5 Å². The summed E-state index contributed by atoms with van der Waals surface area (Å²) < 4.78 is 1.99. The number of hydrogen-bond acceptors (Lipinski definition) is 4. The van der Waals surface area contributed by atoms with Crippen molar-refractivity contribution in [2.45, 2.75) is 32.7 Å². The molecule has 3 rings (SSSR count). The number of rotatable bonds is 1. The molecule has 0 aliphatic carbocycles. The van der Waals surface area contributed by atoms with E-state index in [1.54, 1.807) is 0 Å². The van der Waals surface area contributed by atoms with Gasteiger partial charge in [0.25, 0.3) is 0 Å². The van der Waals surface area contributed by atoms with Crippen LogP contribution in [0.5, 0.6) is 0 Å². The average molecular weight is 231 g/mol. The van der Waals surface area contributed by atoms with E-state index < -0.39 is 0 Å². The van der Waals surface area contributed by atoms with E-state index in [0.29, 0.717) is 6.04 Å². The SMILES string of the molecule is Cc1cc2nnc(C3CC(C)CCN3)n2cn1. The van der Waals surface area contributed by atoms with Crippen LogP contribution < -0.4 is 5.32 Å². The van der Waals surface area contributed by atoms with Gasteiger partial charge in [0.2, 0.25) is 0 Å². The van der Waals surface area contributed by atoms with Gasteiger partial charge in [-0.25, -0.2) is 4.98 Å². The van der Waals surface area contributed by atoms with E-state index in [9.17, 15) is 0 Å². The highest BCUT2D eigenvalue weighted by atomic mass is 15.3. The Morgan fingerprint density at radius 1 is 1.41 bits per heavy atom. The molecule has 1 fully saturated rings. The van der Waals surface area contributed by atoms with Crippen LogP contribution in [0.15, 0.2) is 12.4 Å².